The van der Waals surface area contributed by atoms with Crippen LogP contribution < -0.4 is 15.6 Å². The first kappa shape index (κ1) is 16.3. The third-order valence-corrected chi connectivity index (χ3v) is 4.64. The fourth-order valence-corrected chi connectivity index (χ4v) is 3.31. The first-order chi connectivity index (χ1) is 12.7. The number of hydrogen-bond acceptors (Lipinski definition) is 5. The molecule has 3 aromatic rings. The molecule has 7 heteroatoms. The molecule has 2 aromatic heterocycles. The maximum atomic E-state index is 12.2. The van der Waals surface area contributed by atoms with E-state index in [0.717, 1.165) is 29.0 Å². The Kier molecular flexibility index (Phi) is 4.12. The summed E-state index contributed by atoms with van der Waals surface area (Å²) in [7, 11) is 0. The Morgan fingerprint density at radius 1 is 1.23 bits per heavy atom. The average molecular weight is 351 g/mol. The van der Waals surface area contributed by atoms with Gasteiger partial charge in [-0.15, -0.1) is 0 Å². The molecule has 26 heavy (non-hydrogen) atoms. The summed E-state index contributed by atoms with van der Waals surface area (Å²) in [6, 6.07) is 5.41. The molecule has 1 aromatic carbocycles. The number of nitrogens with zero attached hydrogens (tertiary/aromatic N) is 1. The molecule has 0 bridgehead atoms. The number of nitrogens with one attached hydrogen (secondary N) is 2. The molecule has 1 aliphatic rings. The van der Waals surface area contributed by atoms with E-state index in [4.69, 9.17) is 4.74 Å². The molecule has 1 aliphatic heterocycles. The van der Waals surface area contributed by atoms with Gasteiger partial charge in [0, 0.05) is 36.0 Å². The minimum Gasteiger partial charge on any atom is -0.475 e. The van der Waals surface area contributed by atoms with Gasteiger partial charge in [0.05, 0.1) is 6.04 Å². The lowest BCUT2D eigenvalue weighted by Crippen LogP contribution is -2.31. The summed E-state index contributed by atoms with van der Waals surface area (Å²) in [5.41, 5.74) is 0.541. The SMILES string of the molecule is O=CCc1c[nH]c(=O)c2cc3ccnc(OCC4CCC(=O)N4)c3cc12. The zero-order valence-corrected chi connectivity index (χ0v) is 14.0. The van der Waals surface area contributed by atoms with E-state index in [1.54, 1.807) is 18.5 Å². The first-order valence-electron chi connectivity index (χ1n) is 8.44. The number of pyridine rings is 2. The number of ether oxygens (including phenoxy) is 1. The van der Waals surface area contributed by atoms with Crippen LogP contribution in [-0.2, 0) is 16.0 Å². The monoisotopic (exact) mass is 351 g/mol. The number of carbonyl (C=O) groups is 2. The quantitative estimate of drug-likeness (QED) is 0.535. The van der Waals surface area contributed by atoms with Crippen molar-refractivity contribution in [3.63, 3.8) is 0 Å². The molecule has 4 rings (SSSR count). The van der Waals surface area contributed by atoms with Gasteiger partial charge in [0.25, 0.3) is 5.56 Å². The van der Waals surface area contributed by atoms with E-state index in [9.17, 15) is 14.4 Å². The number of rotatable bonds is 5. The van der Waals surface area contributed by atoms with Crippen LogP contribution in [0, 0.1) is 0 Å². The number of aromatic amines is 1. The van der Waals surface area contributed by atoms with Crippen LogP contribution in [0.15, 0.2) is 35.4 Å². The number of benzene rings is 1. The molecule has 0 spiro atoms. The second-order valence-corrected chi connectivity index (χ2v) is 6.36. The van der Waals surface area contributed by atoms with Crippen molar-refractivity contribution in [1.29, 1.82) is 0 Å². The maximum absolute atomic E-state index is 12.2. The molecule has 2 N–H and O–H groups in total. The second-order valence-electron chi connectivity index (χ2n) is 6.36. The van der Waals surface area contributed by atoms with Crippen LogP contribution in [0.1, 0.15) is 18.4 Å². The Hall–Kier alpha value is -3.22. The van der Waals surface area contributed by atoms with Crippen LogP contribution in [0.25, 0.3) is 21.5 Å². The third-order valence-electron chi connectivity index (χ3n) is 4.64. The third kappa shape index (κ3) is 2.92. The molecule has 0 radical (unpaired) electrons. The lowest BCUT2D eigenvalue weighted by molar-refractivity contribution is -0.119. The molecule has 1 atom stereocenters. The average Bonchev–Trinajstić information content (AvgIpc) is 3.06. The number of fused-ring (bicyclic) bond motifs is 2. The van der Waals surface area contributed by atoms with Gasteiger partial charge >= 0.3 is 0 Å². The molecule has 3 heterocycles. The van der Waals surface area contributed by atoms with E-state index in [1.165, 1.54) is 0 Å². The second kappa shape index (κ2) is 6.59. The van der Waals surface area contributed by atoms with E-state index in [1.807, 2.05) is 12.1 Å². The summed E-state index contributed by atoms with van der Waals surface area (Å²) < 4.78 is 5.85. The topological polar surface area (TPSA) is 101 Å². The molecule has 1 saturated heterocycles. The van der Waals surface area contributed by atoms with E-state index in [0.29, 0.717) is 29.7 Å². The Labute approximate surface area is 148 Å². The van der Waals surface area contributed by atoms with Crippen LogP contribution in [0.4, 0.5) is 0 Å². The predicted molar refractivity (Wildman–Crippen MR) is 96.3 cm³/mol. The molecule has 7 nitrogen and oxygen atoms in total. The number of aromatic nitrogens is 2. The van der Waals surface area contributed by atoms with E-state index >= 15 is 0 Å². The van der Waals surface area contributed by atoms with Crippen molar-refractivity contribution in [1.82, 2.24) is 15.3 Å². The molecule has 0 aliphatic carbocycles. The van der Waals surface area contributed by atoms with Crippen LogP contribution in [-0.4, -0.2) is 34.8 Å². The predicted octanol–water partition coefficient (Wildman–Crippen LogP) is 1.48. The first-order valence-corrected chi connectivity index (χ1v) is 8.44. The van der Waals surface area contributed by atoms with Gasteiger partial charge < -0.3 is 19.8 Å². The zero-order chi connectivity index (χ0) is 18.1. The maximum Gasteiger partial charge on any atom is 0.255 e. The van der Waals surface area contributed by atoms with Crippen LogP contribution in [0.5, 0.6) is 5.88 Å². The molecular formula is C19H17N3O4. The lowest BCUT2D eigenvalue weighted by Gasteiger charge is -2.13. The van der Waals surface area contributed by atoms with Crippen molar-refractivity contribution in [2.45, 2.75) is 25.3 Å². The molecule has 132 valence electrons. The minimum absolute atomic E-state index is 0.0199. The van der Waals surface area contributed by atoms with Crippen molar-refractivity contribution in [3.05, 3.63) is 46.5 Å². The van der Waals surface area contributed by atoms with Gasteiger partial charge in [-0.2, -0.15) is 0 Å². The van der Waals surface area contributed by atoms with Crippen LogP contribution in [0.2, 0.25) is 0 Å². The normalized spacial score (nSPS) is 16.8. The van der Waals surface area contributed by atoms with Crippen molar-refractivity contribution in [2.75, 3.05) is 6.61 Å². The molecular weight excluding hydrogens is 334 g/mol. The van der Waals surface area contributed by atoms with Crippen molar-refractivity contribution >= 4 is 33.7 Å². The van der Waals surface area contributed by atoms with Crippen LogP contribution >= 0.6 is 0 Å². The van der Waals surface area contributed by atoms with Gasteiger partial charge in [0.2, 0.25) is 11.8 Å². The smallest absolute Gasteiger partial charge is 0.255 e. The van der Waals surface area contributed by atoms with Gasteiger partial charge in [-0.25, -0.2) is 4.98 Å². The largest absolute Gasteiger partial charge is 0.475 e. The number of hydrogen-bond donors (Lipinski definition) is 2. The summed E-state index contributed by atoms with van der Waals surface area (Å²) >= 11 is 0. The highest BCUT2D eigenvalue weighted by molar-refractivity contribution is 6.01. The van der Waals surface area contributed by atoms with Gasteiger partial charge in [-0.1, -0.05) is 0 Å². The number of amides is 1. The summed E-state index contributed by atoms with van der Waals surface area (Å²) in [5.74, 6) is 0.482. The van der Waals surface area contributed by atoms with Gasteiger partial charge in [0.15, 0.2) is 0 Å². The van der Waals surface area contributed by atoms with E-state index < -0.39 is 0 Å². The molecule has 1 amide bonds. The van der Waals surface area contributed by atoms with E-state index in [-0.39, 0.29) is 23.9 Å². The van der Waals surface area contributed by atoms with Gasteiger partial charge in [-0.3, -0.25) is 9.59 Å². The van der Waals surface area contributed by atoms with Crippen molar-refractivity contribution in [3.8, 4) is 5.88 Å². The summed E-state index contributed by atoms with van der Waals surface area (Å²) in [6.07, 6.45) is 5.46. The highest BCUT2D eigenvalue weighted by atomic mass is 16.5. The fraction of sp³-hybridized carbons (Fsp3) is 0.263. The fourth-order valence-electron chi connectivity index (χ4n) is 3.31. The Morgan fingerprint density at radius 2 is 2.12 bits per heavy atom. The summed E-state index contributed by atoms with van der Waals surface area (Å²) in [5, 5.41) is 5.68. The van der Waals surface area contributed by atoms with Crippen molar-refractivity contribution < 1.29 is 14.3 Å². The van der Waals surface area contributed by atoms with Crippen LogP contribution in [0.3, 0.4) is 0 Å². The molecule has 1 fully saturated rings. The summed E-state index contributed by atoms with van der Waals surface area (Å²) in [4.78, 5) is 41.4. The molecule has 0 saturated carbocycles. The summed E-state index contributed by atoms with van der Waals surface area (Å²) in [6.45, 7) is 0.340. The van der Waals surface area contributed by atoms with Gasteiger partial charge in [-0.05, 0) is 41.0 Å². The number of H-pyrrole nitrogens is 1. The van der Waals surface area contributed by atoms with E-state index in [2.05, 4.69) is 15.3 Å². The lowest BCUT2D eigenvalue weighted by atomic mass is 10.0. The highest BCUT2D eigenvalue weighted by Crippen LogP contribution is 2.28. The highest BCUT2D eigenvalue weighted by Gasteiger charge is 2.21. The zero-order valence-electron chi connectivity index (χ0n) is 14.0. The molecule has 1 unspecified atom stereocenters. The number of aldehydes is 1. The Bertz CT molecular complexity index is 1070. The number of carbonyl (C=O) groups excluding carboxylic acids is 2. The van der Waals surface area contributed by atoms with Crippen molar-refractivity contribution in [2.24, 2.45) is 0 Å². The van der Waals surface area contributed by atoms with Gasteiger partial charge in [0.1, 0.15) is 12.9 Å². The standard InChI is InChI=1S/C19H17N3O4/c23-6-4-12-9-21-18(25)16-7-11-3-5-20-19(15(11)8-14(12)16)26-10-13-1-2-17(24)22-13/h3,5-9,13H,1-2,4,10H2,(H,21,25)(H,22,24). The Balaban J connectivity index is 1.77. The minimum atomic E-state index is -0.204. The Morgan fingerprint density at radius 3 is 2.88 bits per heavy atom.